The number of primary sulfonamides is 1. The van der Waals surface area contributed by atoms with Crippen molar-refractivity contribution in [2.24, 2.45) is 5.14 Å². The van der Waals surface area contributed by atoms with Crippen LogP contribution >= 0.6 is 0 Å². The molecule has 8 heteroatoms. The van der Waals surface area contributed by atoms with Crippen molar-refractivity contribution in [3.8, 4) is 11.7 Å². The minimum Gasteiger partial charge on any atom is -0.455 e. The molecule has 0 unspecified atom stereocenters. The average Bonchev–Trinajstić information content (AvgIpc) is 3.14. The molecule has 3 aromatic rings. The Labute approximate surface area is 139 Å². The van der Waals surface area contributed by atoms with Crippen molar-refractivity contribution in [1.29, 1.82) is 0 Å². The fraction of sp³-hybridized carbons (Fsp3) is 0.250. The number of sulfonamides is 1. The summed E-state index contributed by atoms with van der Waals surface area (Å²) in [7, 11) is -3.84. The smallest absolute Gasteiger partial charge is 0.293 e. The number of furan rings is 1. The van der Waals surface area contributed by atoms with Crippen LogP contribution in [0.2, 0.25) is 0 Å². The summed E-state index contributed by atoms with van der Waals surface area (Å²) in [5, 5.41) is 9.02. The van der Waals surface area contributed by atoms with Crippen LogP contribution < -0.4 is 5.14 Å². The average molecular weight is 347 g/mol. The summed E-state index contributed by atoms with van der Waals surface area (Å²) in [5.41, 5.74) is 1.25. The molecule has 1 aromatic carbocycles. The van der Waals surface area contributed by atoms with Gasteiger partial charge in [0.15, 0.2) is 11.6 Å². The first kappa shape index (κ1) is 16.4. The van der Waals surface area contributed by atoms with Crippen molar-refractivity contribution < 1.29 is 17.4 Å². The van der Waals surface area contributed by atoms with Gasteiger partial charge in [0, 0.05) is 12.5 Å². The predicted molar refractivity (Wildman–Crippen MR) is 86.6 cm³/mol. The van der Waals surface area contributed by atoms with Crippen molar-refractivity contribution in [3.63, 3.8) is 0 Å². The van der Waals surface area contributed by atoms with Crippen molar-refractivity contribution >= 4 is 10.0 Å². The van der Waals surface area contributed by atoms with Gasteiger partial charge in [0.2, 0.25) is 10.0 Å². The highest BCUT2D eigenvalue weighted by Gasteiger charge is 2.21. The molecule has 0 aliphatic heterocycles. The topological polar surface area (TPSA) is 112 Å². The molecule has 7 nitrogen and oxygen atoms in total. The first-order chi connectivity index (χ1) is 11.4. The number of hydrogen-bond donors (Lipinski definition) is 1. The minimum atomic E-state index is -3.84. The maximum Gasteiger partial charge on any atom is 0.293 e. The van der Waals surface area contributed by atoms with Crippen LogP contribution in [0.3, 0.4) is 0 Å². The van der Waals surface area contributed by atoms with E-state index in [1.807, 2.05) is 18.2 Å². The van der Waals surface area contributed by atoms with E-state index in [1.54, 1.807) is 0 Å². The predicted octanol–water partition coefficient (Wildman–Crippen LogP) is 2.46. The fourth-order valence-electron chi connectivity index (χ4n) is 2.40. The number of aryl methyl sites for hydroxylation is 3. The van der Waals surface area contributed by atoms with Gasteiger partial charge in [-0.2, -0.15) is 4.98 Å². The van der Waals surface area contributed by atoms with Crippen LogP contribution in [0.15, 0.2) is 50.2 Å². The summed E-state index contributed by atoms with van der Waals surface area (Å²) in [5.74, 6) is 1.07. The van der Waals surface area contributed by atoms with Gasteiger partial charge in [-0.1, -0.05) is 35.5 Å². The lowest BCUT2D eigenvalue weighted by atomic mass is 10.1. The van der Waals surface area contributed by atoms with Gasteiger partial charge in [-0.15, -0.1) is 0 Å². The molecule has 2 aromatic heterocycles. The zero-order chi connectivity index (χ0) is 17.2. The maximum absolute atomic E-state index is 11.4. The van der Waals surface area contributed by atoms with Crippen LogP contribution in [0.5, 0.6) is 0 Å². The van der Waals surface area contributed by atoms with E-state index in [0.29, 0.717) is 12.2 Å². The molecule has 0 aliphatic carbocycles. The molecule has 0 aliphatic rings. The highest BCUT2D eigenvalue weighted by atomic mass is 32.2. The molecule has 0 radical (unpaired) electrons. The summed E-state index contributed by atoms with van der Waals surface area (Å²) in [4.78, 5) is 4.16. The van der Waals surface area contributed by atoms with Crippen LogP contribution in [-0.4, -0.2) is 18.6 Å². The largest absolute Gasteiger partial charge is 0.455 e. The Bertz CT molecular complexity index is 929. The highest BCUT2D eigenvalue weighted by Crippen LogP contribution is 2.26. The molecule has 0 bridgehead atoms. The lowest BCUT2D eigenvalue weighted by molar-refractivity contribution is 0.405. The third-order valence-corrected chi connectivity index (χ3v) is 4.58. The first-order valence-corrected chi connectivity index (χ1v) is 8.98. The van der Waals surface area contributed by atoms with Crippen molar-refractivity contribution in [2.75, 3.05) is 0 Å². The molecule has 24 heavy (non-hydrogen) atoms. The second-order valence-electron chi connectivity index (χ2n) is 5.43. The van der Waals surface area contributed by atoms with E-state index in [9.17, 15) is 8.42 Å². The van der Waals surface area contributed by atoms with E-state index in [2.05, 4.69) is 22.3 Å². The number of rotatable bonds is 6. The second kappa shape index (κ2) is 6.58. The standard InChI is InChI=1S/C16H17N3O4S/c1-11-14(24(17,20)21)10-13(22-11)16-18-15(19-23-16)9-5-8-12-6-3-2-4-7-12/h2-4,6-7,10H,5,8-9H2,1H3,(H2,17,20,21). The summed E-state index contributed by atoms with van der Waals surface area (Å²) in [6.45, 7) is 1.51. The van der Waals surface area contributed by atoms with Crippen molar-refractivity contribution in [1.82, 2.24) is 10.1 Å². The molecule has 126 valence electrons. The molecule has 0 fully saturated rings. The van der Waals surface area contributed by atoms with Crippen molar-refractivity contribution in [2.45, 2.75) is 31.1 Å². The van der Waals surface area contributed by atoms with Gasteiger partial charge >= 0.3 is 0 Å². The van der Waals surface area contributed by atoms with E-state index in [4.69, 9.17) is 14.1 Å². The van der Waals surface area contributed by atoms with Crippen molar-refractivity contribution in [3.05, 3.63) is 53.5 Å². The van der Waals surface area contributed by atoms with Crippen LogP contribution in [0, 0.1) is 6.92 Å². The Morgan fingerprint density at radius 2 is 1.92 bits per heavy atom. The Morgan fingerprint density at radius 1 is 1.17 bits per heavy atom. The second-order valence-corrected chi connectivity index (χ2v) is 6.96. The summed E-state index contributed by atoms with van der Waals surface area (Å²) < 4.78 is 33.4. The highest BCUT2D eigenvalue weighted by molar-refractivity contribution is 7.89. The lowest BCUT2D eigenvalue weighted by Crippen LogP contribution is -2.12. The van der Waals surface area contributed by atoms with Gasteiger partial charge in [-0.25, -0.2) is 13.6 Å². The quantitative estimate of drug-likeness (QED) is 0.733. The van der Waals surface area contributed by atoms with Gasteiger partial charge < -0.3 is 8.94 Å². The number of nitrogens with two attached hydrogens (primary N) is 1. The zero-order valence-corrected chi connectivity index (χ0v) is 13.9. The number of hydrogen-bond acceptors (Lipinski definition) is 6. The number of aromatic nitrogens is 2. The summed E-state index contributed by atoms with van der Waals surface area (Å²) in [6, 6.07) is 11.4. The molecule has 0 amide bonds. The van der Waals surface area contributed by atoms with Gasteiger partial charge in [-0.05, 0) is 25.3 Å². The van der Waals surface area contributed by atoms with E-state index >= 15 is 0 Å². The normalized spacial score (nSPS) is 11.8. The third kappa shape index (κ3) is 3.72. The van der Waals surface area contributed by atoms with E-state index < -0.39 is 10.0 Å². The summed E-state index contributed by atoms with van der Waals surface area (Å²) >= 11 is 0. The summed E-state index contributed by atoms with van der Waals surface area (Å²) in [6.07, 6.45) is 2.45. The zero-order valence-electron chi connectivity index (χ0n) is 13.1. The fourth-order valence-corrected chi connectivity index (χ4v) is 3.12. The molecule has 0 spiro atoms. The van der Waals surface area contributed by atoms with Gasteiger partial charge in [-0.3, -0.25) is 0 Å². The Morgan fingerprint density at radius 3 is 2.58 bits per heavy atom. The third-order valence-electron chi connectivity index (χ3n) is 3.57. The number of nitrogens with zero attached hydrogens (tertiary/aromatic N) is 2. The van der Waals surface area contributed by atoms with Crippen LogP contribution in [0.1, 0.15) is 23.6 Å². The van der Waals surface area contributed by atoms with Gasteiger partial charge in [0.1, 0.15) is 10.7 Å². The molecule has 2 heterocycles. The Hall–Kier alpha value is -2.45. The van der Waals surface area contributed by atoms with E-state index in [-0.39, 0.29) is 22.3 Å². The lowest BCUT2D eigenvalue weighted by Gasteiger charge is -1.97. The molecular weight excluding hydrogens is 330 g/mol. The Kier molecular flexibility index (Phi) is 4.50. The first-order valence-electron chi connectivity index (χ1n) is 7.43. The van der Waals surface area contributed by atoms with Gasteiger partial charge in [0.25, 0.3) is 5.89 Å². The molecule has 0 saturated heterocycles. The Balaban J connectivity index is 1.67. The number of benzene rings is 1. The minimum absolute atomic E-state index is 0.0821. The van der Waals surface area contributed by atoms with Gasteiger partial charge in [0.05, 0.1) is 0 Å². The molecular formula is C16H17N3O4S. The maximum atomic E-state index is 11.4. The monoisotopic (exact) mass is 347 g/mol. The van der Waals surface area contributed by atoms with Crippen LogP contribution in [-0.2, 0) is 22.9 Å². The van der Waals surface area contributed by atoms with Crippen LogP contribution in [0.4, 0.5) is 0 Å². The van der Waals surface area contributed by atoms with E-state index in [1.165, 1.54) is 18.6 Å². The van der Waals surface area contributed by atoms with Crippen LogP contribution in [0.25, 0.3) is 11.7 Å². The SMILES string of the molecule is Cc1oc(-c2nc(CCCc3ccccc3)no2)cc1S(N)(=O)=O. The molecule has 0 saturated carbocycles. The molecule has 2 N–H and O–H groups in total. The molecule has 3 rings (SSSR count). The molecule has 0 atom stereocenters. The van der Waals surface area contributed by atoms with E-state index in [0.717, 1.165) is 12.8 Å².